The number of carbonyl (C=O) groups excluding carboxylic acids is 1. The normalized spacial score (nSPS) is 11.4. The van der Waals surface area contributed by atoms with Crippen molar-refractivity contribution in [1.82, 2.24) is 5.43 Å². The summed E-state index contributed by atoms with van der Waals surface area (Å²) in [7, 11) is -3.86. The molecular formula is C28H33N3O4S. The second kappa shape index (κ2) is 12.9. The summed E-state index contributed by atoms with van der Waals surface area (Å²) in [4.78, 5) is 12.5. The third-order valence-corrected chi connectivity index (χ3v) is 6.92. The van der Waals surface area contributed by atoms with Gasteiger partial charge in [-0.1, -0.05) is 49.9 Å². The van der Waals surface area contributed by atoms with Gasteiger partial charge in [0.2, 0.25) is 0 Å². The average Bonchev–Trinajstić information content (AvgIpc) is 2.86. The molecule has 0 fully saturated rings. The van der Waals surface area contributed by atoms with Crippen molar-refractivity contribution in [2.45, 2.75) is 51.3 Å². The molecule has 3 rings (SSSR count). The lowest BCUT2D eigenvalue weighted by molar-refractivity contribution is 0.0955. The Morgan fingerprint density at radius 3 is 2.47 bits per heavy atom. The summed E-state index contributed by atoms with van der Waals surface area (Å²) in [5, 5.41) is 3.99. The van der Waals surface area contributed by atoms with E-state index in [1.807, 2.05) is 50.2 Å². The first-order chi connectivity index (χ1) is 17.3. The van der Waals surface area contributed by atoms with Crippen LogP contribution < -0.4 is 14.9 Å². The van der Waals surface area contributed by atoms with Gasteiger partial charge < -0.3 is 4.74 Å². The van der Waals surface area contributed by atoms with Crippen molar-refractivity contribution in [1.29, 1.82) is 0 Å². The average molecular weight is 508 g/mol. The Hall–Kier alpha value is -3.65. The molecule has 0 heterocycles. The van der Waals surface area contributed by atoms with Crippen molar-refractivity contribution in [2.24, 2.45) is 5.10 Å². The number of nitrogens with one attached hydrogen (secondary N) is 2. The molecule has 1 amide bonds. The molecule has 0 spiro atoms. The molecule has 3 aromatic carbocycles. The topological polar surface area (TPSA) is 96.9 Å². The first-order valence-corrected chi connectivity index (χ1v) is 13.5. The molecule has 3 aromatic rings. The first-order valence-electron chi connectivity index (χ1n) is 12.0. The van der Waals surface area contributed by atoms with Crippen molar-refractivity contribution in [2.75, 3.05) is 11.3 Å². The lowest BCUT2D eigenvalue weighted by Crippen LogP contribution is -2.19. The molecule has 0 aliphatic heterocycles. The molecule has 0 atom stereocenters. The first kappa shape index (κ1) is 26.9. The van der Waals surface area contributed by atoms with Gasteiger partial charge in [0.15, 0.2) is 0 Å². The Morgan fingerprint density at radius 2 is 1.75 bits per heavy atom. The van der Waals surface area contributed by atoms with E-state index >= 15 is 0 Å². The van der Waals surface area contributed by atoms with Crippen LogP contribution in [0, 0.1) is 13.8 Å². The zero-order valence-electron chi connectivity index (χ0n) is 21.0. The summed E-state index contributed by atoms with van der Waals surface area (Å²) < 4.78 is 34.1. The number of hydrogen-bond donors (Lipinski definition) is 2. The highest BCUT2D eigenvalue weighted by Gasteiger charge is 2.17. The Morgan fingerprint density at radius 1 is 0.972 bits per heavy atom. The summed E-state index contributed by atoms with van der Waals surface area (Å²) in [5.41, 5.74) is 5.77. The second-order valence-corrected chi connectivity index (χ2v) is 10.3. The Kier molecular flexibility index (Phi) is 9.64. The number of rotatable bonds is 12. The third-order valence-electron chi connectivity index (χ3n) is 5.56. The zero-order chi connectivity index (χ0) is 26.0. The molecule has 2 N–H and O–H groups in total. The molecule has 8 heteroatoms. The summed E-state index contributed by atoms with van der Waals surface area (Å²) in [6.45, 7) is 6.65. The molecular weight excluding hydrogens is 474 g/mol. The second-order valence-electron chi connectivity index (χ2n) is 8.63. The van der Waals surface area contributed by atoms with Gasteiger partial charge >= 0.3 is 0 Å². The number of hydrogen-bond acceptors (Lipinski definition) is 5. The summed E-state index contributed by atoms with van der Waals surface area (Å²) in [6, 6.07) is 18.7. The van der Waals surface area contributed by atoms with E-state index in [1.165, 1.54) is 49.7 Å². The van der Waals surface area contributed by atoms with Crippen LogP contribution in [-0.2, 0) is 10.0 Å². The summed E-state index contributed by atoms with van der Waals surface area (Å²) in [5.74, 6) is 0.280. The summed E-state index contributed by atoms with van der Waals surface area (Å²) in [6.07, 6.45) is 6.13. The van der Waals surface area contributed by atoms with E-state index in [0.29, 0.717) is 12.3 Å². The molecule has 36 heavy (non-hydrogen) atoms. The maximum Gasteiger partial charge on any atom is 0.271 e. The molecule has 0 radical (unpaired) electrons. The van der Waals surface area contributed by atoms with Gasteiger partial charge in [0, 0.05) is 5.56 Å². The molecule has 0 saturated heterocycles. The highest BCUT2D eigenvalue weighted by atomic mass is 32.2. The smallest absolute Gasteiger partial charge is 0.271 e. The van der Waals surface area contributed by atoms with Gasteiger partial charge in [-0.2, -0.15) is 5.10 Å². The number of sulfonamides is 1. The van der Waals surface area contributed by atoms with Crippen LogP contribution in [0.25, 0.3) is 0 Å². The van der Waals surface area contributed by atoms with Crippen molar-refractivity contribution < 1.29 is 17.9 Å². The van der Waals surface area contributed by atoms with Gasteiger partial charge in [0.1, 0.15) is 5.75 Å². The molecule has 0 aromatic heterocycles. The number of aryl methyl sites for hydroxylation is 2. The number of carbonyl (C=O) groups is 1. The van der Waals surface area contributed by atoms with E-state index in [1.54, 1.807) is 6.07 Å². The monoisotopic (exact) mass is 507 g/mol. The molecule has 0 aliphatic rings. The predicted molar refractivity (Wildman–Crippen MR) is 144 cm³/mol. The fourth-order valence-electron chi connectivity index (χ4n) is 3.54. The highest BCUT2D eigenvalue weighted by Crippen LogP contribution is 2.21. The maximum absolute atomic E-state index is 12.9. The van der Waals surface area contributed by atoms with Crippen LogP contribution in [0.1, 0.15) is 59.7 Å². The van der Waals surface area contributed by atoms with E-state index in [4.69, 9.17) is 4.74 Å². The summed E-state index contributed by atoms with van der Waals surface area (Å²) >= 11 is 0. The van der Waals surface area contributed by atoms with Crippen LogP contribution in [0.5, 0.6) is 5.75 Å². The molecule has 0 unspecified atom stereocenters. The van der Waals surface area contributed by atoms with Crippen LogP contribution in [0.2, 0.25) is 0 Å². The minimum atomic E-state index is -3.86. The Bertz CT molecular complexity index is 1300. The lowest BCUT2D eigenvalue weighted by Gasteiger charge is -2.12. The minimum absolute atomic E-state index is 0.00983. The van der Waals surface area contributed by atoms with Gasteiger partial charge in [-0.15, -0.1) is 0 Å². The van der Waals surface area contributed by atoms with Gasteiger partial charge in [-0.3, -0.25) is 9.52 Å². The van der Waals surface area contributed by atoms with Gasteiger partial charge in [-0.05, 0) is 79.9 Å². The number of anilines is 1. The van der Waals surface area contributed by atoms with Crippen molar-refractivity contribution in [3.8, 4) is 5.75 Å². The standard InChI is InChI=1S/C28H33N3O4S/c1-4-5-6-7-17-35-25-14-12-23(13-15-25)20-29-30-28(32)24-9-8-10-26(19-24)36(33,34)31-27-16-11-21(2)18-22(27)3/h8-16,18-20,31H,4-7,17H2,1-3H3,(H,30,32)/b29-20+. The maximum atomic E-state index is 12.9. The number of ether oxygens (including phenoxy) is 1. The van der Waals surface area contributed by atoms with E-state index in [9.17, 15) is 13.2 Å². The van der Waals surface area contributed by atoms with E-state index < -0.39 is 15.9 Å². The van der Waals surface area contributed by atoms with E-state index in [-0.39, 0.29) is 10.5 Å². The largest absolute Gasteiger partial charge is 0.494 e. The van der Waals surface area contributed by atoms with E-state index in [2.05, 4.69) is 22.2 Å². The fourth-order valence-corrected chi connectivity index (χ4v) is 4.71. The zero-order valence-corrected chi connectivity index (χ0v) is 21.8. The van der Waals surface area contributed by atoms with E-state index in [0.717, 1.165) is 28.9 Å². The minimum Gasteiger partial charge on any atom is -0.494 e. The quantitative estimate of drug-likeness (QED) is 0.183. The number of benzene rings is 3. The van der Waals surface area contributed by atoms with Crippen LogP contribution in [0.4, 0.5) is 5.69 Å². The van der Waals surface area contributed by atoms with Gasteiger partial charge in [-0.25, -0.2) is 13.8 Å². The van der Waals surface area contributed by atoms with Gasteiger partial charge in [0.05, 0.1) is 23.4 Å². The van der Waals surface area contributed by atoms with Crippen molar-refractivity contribution >= 4 is 27.8 Å². The molecule has 0 saturated carbocycles. The Balaban J connectivity index is 1.58. The lowest BCUT2D eigenvalue weighted by atomic mass is 10.1. The predicted octanol–water partition coefficient (Wildman–Crippen LogP) is 5.83. The SMILES string of the molecule is CCCCCCOc1ccc(/C=N/NC(=O)c2cccc(S(=O)(=O)Nc3ccc(C)cc3C)c2)cc1. The highest BCUT2D eigenvalue weighted by molar-refractivity contribution is 7.92. The van der Waals surface area contributed by atoms with Crippen molar-refractivity contribution in [3.05, 3.63) is 89.0 Å². The fraction of sp³-hybridized carbons (Fsp3) is 0.286. The van der Waals surface area contributed by atoms with Gasteiger partial charge in [0.25, 0.3) is 15.9 Å². The molecule has 7 nitrogen and oxygen atoms in total. The number of hydrazone groups is 1. The Labute approximate surface area is 213 Å². The third kappa shape index (κ3) is 7.95. The van der Waals surface area contributed by atoms with Crippen LogP contribution in [0.3, 0.4) is 0 Å². The van der Waals surface area contributed by atoms with Crippen LogP contribution in [0.15, 0.2) is 76.7 Å². The molecule has 0 bridgehead atoms. The number of nitrogens with zero attached hydrogens (tertiary/aromatic N) is 1. The van der Waals surface area contributed by atoms with Crippen molar-refractivity contribution in [3.63, 3.8) is 0 Å². The number of amides is 1. The molecule has 190 valence electrons. The molecule has 0 aliphatic carbocycles. The van der Waals surface area contributed by atoms with Crippen LogP contribution in [-0.4, -0.2) is 27.1 Å². The van der Waals surface area contributed by atoms with Crippen LogP contribution >= 0.6 is 0 Å². The number of unbranched alkanes of at least 4 members (excludes halogenated alkanes) is 3.